The fourth-order valence-electron chi connectivity index (χ4n) is 2.16. The van der Waals surface area contributed by atoms with E-state index < -0.39 is 0 Å². The summed E-state index contributed by atoms with van der Waals surface area (Å²) in [6.45, 7) is 3.68. The molecule has 4 nitrogen and oxygen atoms in total. The summed E-state index contributed by atoms with van der Waals surface area (Å²) in [5.74, 6) is -0.208. The number of rotatable bonds is 5. The highest BCUT2D eigenvalue weighted by Gasteiger charge is 2.10. The van der Waals surface area contributed by atoms with Crippen LogP contribution in [0.3, 0.4) is 0 Å². The molecule has 1 N–H and O–H groups in total. The molecule has 0 unspecified atom stereocenters. The second-order valence-corrected chi connectivity index (χ2v) is 5.61. The van der Waals surface area contributed by atoms with E-state index in [1.165, 1.54) is 19.3 Å². The van der Waals surface area contributed by atoms with E-state index in [4.69, 9.17) is 4.84 Å². The van der Waals surface area contributed by atoms with Crippen molar-refractivity contribution < 1.29 is 9.63 Å². The highest BCUT2D eigenvalue weighted by molar-refractivity contribution is 9.10. The number of hydrogen-bond donors (Lipinski definition) is 1. The minimum Gasteiger partial charge on any atom is -0.301 e. The summed E-state index contributed by atoms with van der Waals surface area (Å²) in [4.78, 5) is 19.4. The lowest BCUT2D eigenvalue weighted by molar-refractivity contribution is 0.0206. The van der Waals surface area contributed by atoms with E-state index in [2.05, 4.69) is 26.3 Å². The molecule has 1 aromatic carbocycles. The number of amides is 1. The van der Waals surface area contributed by atoms with E-state index in [9.17, 15) is 4.79 Å². The first-order chi connectivity index (χ1) is 9.25. The van der Waals surface area contributed by atoms with E-state index in [-0.39, 0.29) is 5.91 Å². The lowest BCUT2D eigenvalue weighted by Crippen LogP contribution is -2.35. The summed E-state index contributed by atoms with van der Waals surface area (Å²) in [7, 11) is 0. The Morgan fingerprint density at radius 1 is 1.32 bits per heavy atom. The third kappa shape index (κ3) is 4.93. The minimum absolute atomic E-state index is 0.208. The quantitative estimate of drug-likeness (QED) is 0.668. The Kier molecular flexibility index (Phi) is 5.82. The van der Waals surface area contributed by atoms with Crippen molar-refractivity contribution in [2.45, 2.75) is 19.3 Å². The standard InChI is InChI=1S/C14H19BrN2O2/c15-13-6-4-5-12(11-13)14(18)16-19-10-9-17-7-2-1-3-8-17/h4-6,11H,1-3,7-10H2,(H,16,18). The molecule has 0 radical (unpaired) electrons. The second-order valence-electron chi connectivity index (χ2n) is 4.69. The van der Waals surface area contributed by atoms with Crippen LogP contribution in [0.5, 0.6) is 0 Å². The van der Waals surface area contributed by atoms with Crippen molar-refractivity contribution in [1.82, 2.24) is 10.4 Å². The number of nitrogens with one attached hydrogen (secondary N) is 1. The highest BCUT2D eigenvalue weighted by atomic mass is 79.9. The Hall–Kier alpha value is -0.910. The summed E-state index contributed by atoms with van der Waals surface area (Å²) in [5.41, 5.74) is 3.07. The molecule has 0 aromatic heterocycles. The van der Waals surface area contributed by atoms with Gasteiger partial charge in [-0.2, -0.15) is 0 Å². The average molecular weight is 327 g/mol. The zero-order valence-electron chi connectivity index (χ0n) is 10.9. The number of hydroxylamine groups is 1. The average Bonchev–Trinajstić information content (AvgIpc) is 2.44. The van der Waals surface area contributed by atoms with Crippen LogP contribution in [0, 0.1) is 0 Å². The monoisotopic (exact) mass is 326 g/mol. The summed E-state index contributed by atoms with van der Waals surface area (Å²) >= 11 is 3.34. The third-order valence-corrected chi connectivity index (χ3v) is 3.70. The van der Waals surface area contributed by atoms with Crippen molar-refractivity contribution in [2.24, 2.45) is 0 Å². The van der Waals surface area contributed by atoms with Crippen molar-refractivity contribution in [1.29, 1.82) is 0 Å². The number of likely N-dealkylation sites (tertiary alicyclic amines) is 1. The Morgan fingerprint density at radius 2 is 2.11 bits per heavy atom. The van der Waals surface area contributed by atoms with Crippen LogP contribution < -0.4 is 5.48 Å². The molecule has 1 aliphatic rings. The first kappa shape index (κ1) is 14.5. The van der Waals surface area contributed by atoms with Crippen LogP contribution in [0.1, 0.15) is 29.6 Å². The first-order valence-corrected chi connectivity index (χ1v) is 7.45. The fraction of sp³-hybridized carbons (Fsp3) is 0.500. The molecule has 0 aliphatic carbocycles. The molecule has 1 aromatic rings. The van der Waals surface area contributed by atoms with Gasteiger partial charge in [-0.15, -0.1) is 0 Å². The second kappa shape index (κ2) is 7.62. The highest BCUT2D eigenvalue weighted by Crippen LogP contribution is 2.11. The van der Waals surface area contributed by atoms with Crippen molar-refractivity contribution in [3.8, 4) is 0 Å². The van der Waals surface area contributed by atoms with Crippen LogP contribution in [-0.4, -0.2) is 37.0 Å². The Labute approximate surface area is 122 Å². The van der Waals surface area contributed by atoms with Crippen LogP contribution in [0.4, 0.5) is 0 Å². The molecule has 1 aliphatic heterocycles. The zero-order valence-corrected chi connectivity index (χ0v) is 12.5. The third-order valence-electron chi connectivity index (χ3n) is 3.21. The maximum absolute atomic E-state index is 11.8. The van der Waals surface area contributed by atoms with Crippen LogP contribution in [-0.2, 0) is 4.84 Å². The van der Waals surface area contributed by atoms with Gasteiger partial charge in [0.25, 0.3) is 5.91 Å². The molecule has 1 heterocycles. The lowest BCUT2D eigenvalue weighted by Gasteiger charge is -2.25. The van der Waals surface area contributed by atoms with Gasteiger partial charge in [-0.25, -0.2) is 5.48 Å². The zero-order chi connectivity index (χ0) is 13.5. The summed E-state index contributed by atoms with van der Waals surface area (Å²) < 4.78 is 0.883. The number of piperidine rings is 1. The predicted octanol–water partition coefficient (Wildman–Crippen LogP) is 2.60. The smallest absolute Gasteiger partial charge is 0.274 e. The van der Waals surface area contributed by atoms with Crippen LogP contribution in [0.15, 0.2) is 28.7 Å². The maximum Gasteiger partial charge on any atom is 0.274 e. The van der Waals surface area contributed by atoms with Crippen molar-refractivity contribution in [2.75, 3.05) is 26.2 Å². The number of benzene rings is 1. The fourth-order valence-corrected chi connectivity index (χ4v) is 2.56. The van der Waals surface area contributed by atoms with Gasteiger partial charge in [-0.1, -0.05) is 28.4 Å². The van der Waals surface area contributed by atoms with Gasteiger partial charge in [0.05, 0.1) is 6.61 Å². The molecule has 1 fully saturated rings. The van der Waals surface area contributed by atoms with Gasteiger partial charge in [0.1, 0.15) is 0 Å². The number of carbonyl (C=O) groups excluding carboxylic acids is 1. The van der Waals surface area contributed by atoms with E-state index in [0.29, 0.717) is 12.2 Å². The van der Waals surface area contributed by atoms with Gasteiger partial charge in [0.15, 0.2) is 0 Å². The van der Waals surface area contributed by atoms with E-state index in [1.807, 2.05) is 12.1 Å². The van der Waals surface area contributed by atoms with Crippen molar-refractivity contribution in [3.63, 3.8) is 0 Å². The van der Waals surface area contributed by atoms with E-state index in [1.54, 1.807) is 12.1 Å². The Balaban J connectivity index is 1.66. The topological polar surface area (TPSA) is 41.6 Å². The molecule has 0 bridgehead atoms. The number of hydrogen-bond acceptors (Lipinski definition) is 3. The van der Waals surface area contributed by atoms with E-state index >= 15 is 0 Å². The molecule has 1 amide bonds. The minimum atomic E-state index is -0.208. The summed E-state index contributed by atoms with van der Waals surface area (Å²) in [6, 6.07) is 7.23. The Bertz CT molecular complexity index is 420. The van der Waals surface area contributed by atoms with Gasteiger partial charge in [-0.05, 0) is 44.1 Å². The number of carbonyl (C=O) groups is 1. The molecule has 0 saturated carbocycles. The molecule has 5 heteroatoms. The van der Waals surface area contributed by atoms with Gasteiger partial charge in [0, 0.05) is 16.6 Å². The van der Waals surface area contributed by atoms with Crippen LogP contribution >= 0.6 is 15.9 Å². The molecular weight excluding hydrogens is 308 g/mol. The maximum atomic E-state index is 11.8. The number of nitrogens with zero attached hydrogens (tertiary/aromatic N) is 1. The summed E-state index contributed by atoms with van der Waals surface area (Å²) in [6.07, 6.45) is 3.87. The van der Waals surface area contributed by atoms with Gasteiger partial charge >= 0.3 is 0 Å². The van der Waals surface area contributed by atoms with Crippen molar-refractivity contribution in [3.05, 3.63) is 34.3 Å². The van der Waals surface area contributed by atoms with Gasteiger partial charge in [-0.3, -0.25) is 9.63 Å². The molecule has 1 saturated heterocycles. The van der Waals surface area contributed by atoms with Crippen LogP contribution in [0.2, 0.25) is 0 Å². The molecule has 19 heavy (non-hydrogen) atoms. The molecule has 0 atom stereocenters. The Morgan fingerprint density at radius 3 is 2.84 bits per heavy atom. The number of halogens is 1. The van der Waals surface area contributed by atoms with Crippen LogP contribution in [0.25, 0.3) is 0 Å². The lowest BCUT2D eigenvalue weighted by atomic mass is 10.1. The predicted molar refractivity (Wildman–Crippen MR) is 77.9 cm³/mol. The SMILES string of the molecule is O=C(NOCCN1CCCCC1)c1cccc(Br)c1. The largest absolute Gasteiger partial charge is 0.301 e. The molecular formula is C14H19BrN2O2. The molecule has 2 rings (SSSR count). The van der Waals surface area contributed by atoms with Gasteiger partial charge < -0.3 is 4.90 Å². The first-order valence-electron chi connectivity index (χ1n) is 6.66. The molecule has 0 spiro atoms. The molecule has 104 valence electrons. The normalized spacial score (nSPS) is 16.3. The van der Waals surface area contributed by atoms with Gasteiger partial charge in [0.2, 0.25) is 0 Å². The summed E-state index contributed by atoms with van der Waals surface area (Å²) in [5, 5.41) is 0. The van der Waals surface area contributed by atoms with Crippen molar-refractivity contribution >= 4 is 21.8 Å². The van der Waals surface area contributed by atoms with E-state index in [0.717, 1.165) is 24.1 Å².